The minimum atomic E-state index is -0.0182. The number of benzene rings is 4. The number of ether oxygens (including phenoxy) is 2. The summed E-state index contributed by atoms with van der Waals surface area (Å²) in [5.41, 5.74) is 3.21. The third-order valence-corrected chi connectivity index (χ3v) is 6.36. The van der Waals surface area contributed by atoms with Crippen molar-refractivity contribution in [1.29, 1.82) is 0 Å². The lowest BCUT2D eigenvalue weighted by atomic mass is 10.1. The van der Waals surface area contributed by atoms with Gasteiger partial charge in [0.05, 0.1) is 14.2 Å². The van der Waals surface area contributed by atoms with Crippen molar-refractivity contribution in [3.8, 4) is 11.5 Å². The number of allylic oxidation sites excluding steroid dienone is 2. The van der Waals surface area contributed by atoms with Crippen LogP contribution in [-0.2, 0) is 0 Å². The molecule has 0 fully saturated rings. The van der Waals surface area contributed by atoms with E-state index in [4.69, 9.17) is 9.47 Å². The van der Waals surface area contributed by atoms with Crippen LogP contribution in [0.4, 0.5) is 0 Å². The molecular weight excluding hydrogens is 608 g/mol. The van der Waals surface area contributed by atoms with E-state index in [2.05, 4.69) is 31.9 Å². The van der Waals surface area contributed by atoms with Gasteiger partial charge in [0, 0.05) is 20.1 Å². The van der Waals surface area contributed by atoms with E-state index in [-0.39, 0.29) is 11.6 Å². The van der Waals surface area contributed by atoms with Crippen LogP contribution < -0.4 is 9.47 Å². The van der Waals surface area contributed by atoms with E-state index in [1.54, 1.807) is 62.8 Å². The van der Waals surface area contributed by atoms with Crippen molar-refractivity contribution >= 4 is 55.6 Å². The average molecular weight is 634 g/mol. The number of rotatable bonds is 8. The second-order valence-electron chi connectivity index (χ2n) is 7.96. The van der Waals surface area contributed by atoms with Gasteiger partial charge in [0.2, 0.25) is 0 Å². The van der Waals surface area contributed by atoms with Gasteiger partial charge in [-0.05, 0) is 96.1 Å². The van der Waals surface area contributed by atoms with Gasteiger partial charge in [-0.15, -0.1) is 0 Å². The van der Waals surface area contributed by atoms with Crippen LogP contribution in [0, 0.1) is 0 Å². The second kappa shape index (κ2) is 14.9. The third-order valence-electron chi connectivity index (χ3n) is 5.30. The van der Waals surface area contributed by atoms with Gasteiger partial charge < -0.3 is 9.47 Å². The fourth-order valence-electron chi connectivity index (χ4n) is 3.25. The minimum Gasteiger partial charge on any atom is -0.497 e. The van der Waals surface area contributed by atoms with Crippen molar-refractivity contribution in [2.24, 2.45) is 0 Å². The molecule has 0 unspecified atom stereocenters. The minimum absolute atomic E-state index is 0.0182. The molecule has 4 aromatic carbocycles. The molecule has 0 atom stereocenters. The number of ketones is 2. The van der Waals surface area contributed by atoms with Crippen molar-refractivity contribution in [3.63, 3.8) is 0 Å². The summed E-state index contributed by atoms with van der Waals surface area (Å²) >= 11 is 6.69. The summed E-state index contributed by atoms with van der Waals surface area (Å²) < 4.78 is 12.2. The maximum Gasteiger partial charge on any atom is 0.185 e. The first-order valence-corrected chi connectivity index (χ1v) is 13.2. The van der Waals surface area contributed by atoms with E-state index in [0.717, 1.165) is 31.6 Å². The predicted molar refractivity (Wildman–Crippen MR) is 161 cm³/mol. The van der Waals surface area contributed by atoms with Gasteiger partial charge >= 0.3 is 0 Å². The van der Waals surface area contributed by atoms with E-state index in [0.29, 0.717) is 11.1 Å². The summed E-state index contributed by atoms with van der Waals surface area (Å²) in [7, 11) is 3.24. The summed E-state index contributed by atoms with van der Waals surface area (Å²) in [5, 5.41) is 0. The summed E-state index contributed by atoms with van der Waals surface area (Å²) in [5.74, 6) is 1.52. The lowest BCUT2D eigenvalue weighted by Gasteiger charge is -2.00. The van der Waals surface area contributed by atoms with Crippen LogP contribution in [0.15, 0.2) is 118 Å². The lowest BCUT2D eigenvalue weighted by Crippen LogP contribution is -1.93. The van der Waals surface area contributed by atoms with Crippen molar-refractivity contribution in [3.05, 3.63) is 140 Å². The van der Waals surface area contributed by atoms with Crippen LogP contribution in [0.3, 0.4) is 0 Å². The van der Waals surface area contributed by atoms with Gasteiger partial charge in [-0.3, -0.25) is 9.59 Å². The molecule has 0 saturated carbocycles. The van der Waals surface area contributed by atoms with Crippen LogP contribution in [0.1, 0.15) is 31.8 Å². The smallest absolute Gasteiger partial charge is 0.185 e. The Balaban J connectivity index is 0.000000211. The number of halogens is 2. The average Bonchev–Trinajstić information content (AvgIpc) is 2.96. The lowest BCUT2D eigenvalue weighted by molar-refractivity contribution is 0.103. The molecule has 4 aromatic rings. The van der Waals surface area contributed by atoms with Crippen molar-refractivity contribution in [2.75, 3.05) is 14.2 Å². The predicted octanol–water partition coefficient (Wildman–Crippen LogP) is 8.71. The van der Waals surface area contributed by atoms with E-state index >= 15 is 0 Å². The number of carbonyl (C=O) groups excluding carboxylic acids is 2. The van der Waals surface area contributed by atoms with E-state index in [1.165, 1.54) is 0 Å². The summed E-state index contributed by atoms with van der Waals surface area (Å²) in [4.78, 5) is 23.9. The van der Waals surface area contributed by atoms with Gasteiger partial charge in [-0.1, -0.05) is 68.3 Å². The number of hydrogen-bond acceptors (Lipinski definition) is 4. The molecule has 0 radical (unpaired) electrons. The van der Waals surface area contributed by atoms with Gasteiger partial charge in [0.15, 0.2) is 11.6 Å². The molecule has 0 N–H and O–H groups in total. The zero-order chi connectivity index (χ0) is 27.3. The molecule has 0 bridgehead atoms. The topological polar surface area (TPSA) is 52.6 Å². The number of hydrogen-bond donors (Lipinski definition) is 0. The Morgan fingerprint density at radius 2 is 0.947 bits per heavy atom. The fraction of sp³-hybridized carbons (Fsp3) is 0.0625. The van der Waals surface area contributed by atoms with Crippen LogP contribution in [-0.4, -0.2) is 25.8 Å². The van der Waals surface area contributed by atoms with Crippen molar-refractivity contribution in [2.45, 2.75) is 0 Å². The molecule has 0 aromatic heterocycles. The molecule has 192 valence electrons. The molecule has 0 saturated heterocycles. The Hall–Kier alpha value is -3.74. The quantitative estimate of drug-likeness (QED) is 0.144. The standard InChI is InChI=1S/2C16H13BrO2/c2*1-19-15-4-2-3-12(11-15)5-10-16(18)13-6-8-14(17)9-7-13/h2*2-11H,1H3/b2*10-5+. The monoisotopic (exact) mass is 632 g/mol. The zero-order valence-corrected chi connectivity index (χ0v) is 24.1. The first kappa shape index (κ1) is 28.8. The Bertz CT molecular complexity index is 1310. The highest BCUT2D eigenvalue weighted by Gasteiger charge is 2.02. The van der Waals surface area contributed by atoms with Crippen molar-refractivity contribution in [1.82, 2.24) is 0 Å². The van der Waals surface area contributed by atoms with Crippen LogP contribution >= 0.6 is 31.9 Å². The SMILES string of the molecule is COc1cccc(/C=C/C(=O)c2ccc(Br)cc2)c1.COc1cccc(/C=C/C(=O)c2ccc(Br)cc2)c1. The van der Waals surface area contributed by atoms with Gasteiger partial charge in [-0.2, -0.15) is 0 Å². The molecule has 0 amide bonds. The summed E-state index contributed by atoms with van der Waals surface area (Å²) in [6, 6.07) is 29.7. The Kier molecular flexibility index (Phi) is 11.3. The molecule has 0 aliphatic rings. The third kappa shape index (κ3) is 9.29. The van der Waals surface area contributed by atoms with Crippen LogP contribution in [0.2, 0.25) is 0 Å². The molecular formula is C32H26Br2O4. The molecule has 0 heterocycles. The number of carbonyl (C=O) groups is 2. The molecule has 6 heteroatoms. The van der Waals surface area contributed by atoms with Crippen molar-refractivity contribution < 1.29 is 19.1 Å². The van der Waals surface area contributed by atoms with Gasteiger partial charge in [0.25, 0.3) is 0 Å². The first-order valence-electron chi connectivity index (χ1n) is 11.6. The summed E-state index contributed by atoms with van der Waals surface area (Å²) in [6.07, 6.45) is 6.70. The molecule has 0 spiro atoms. The van der Waals surface area contributed by atoms with E-state index in [9.17, 15) is 9.59 Å². The Morgan fingerprint density at radius 3 is 1.29 bits per heavy atom. The first-order chi connectivity index (χ1) is 18.4. The molecule has 4 rings (SSSR count). The van der Waals surface area contributed by atoms with E-state index in [1.807, 2.05) is 72.8 Å². The highest BCUT2D eigenvalue weighted by molar-refractivity contribution is 9.10. The second-order valence-corrected chi connectivity index (χ2v) is 9.79. The highest BCUT2D eigenvalue weighted by Crippen LogP contribution is 2.16. The zero-order valence-electron chi connectivity index (χ0n) is 20.9. The molecule has 38 heavy (non-hydrogen) atoms. The van der Waals surface area contributed by atoms with E-state index < -0.39 is 0 Å². The van der Waals surface area contributed by atoms with Crippen LogP contribution in [0.25, 0.3) is 12.2 Å². The number of methoxy groups -OCH3 is 2. The maximum atomic E-state index is 12.0. The molecule has 0 aliphatic heterocycles. The van der Waals surface area contributed by atoms with Gasteiger partial charge in [-0.25, -0.2) is 0 Å². The fourth-order valence-corrected chi connectivity index (χ4v) is 3.78. The Labute approximate surface area is 239 Å². The summed E-state index contributed by atoms with van der Waals surface area (Å²) in [6.45, 7) is 0. The Morgan fingerprint density at radius 1 is 0.579 bits per heavy atom. The highest BCUT2D eigenvalue weighted by atomic mass is 79.9. The largest absolute Gasteiger partial charge is 0.497 e. The maximum absolute atomic E-state index is 12.0. The van der Waals surface area contributed by atoms with Gasteiger partial charge in [0.1, 0.15) is 11.5 Å². The normalized spacial score (nSPS) is 10.6. The van der Waals surface area contributed by atoms with Crippen LogP contribution in [0.5, 0.6) is 11.5 Å². The molecule has 0 aliphatic carbocycles. The molecule has 4 nitrogen and oxygen atoms in total.